The van der Waals surface area contributed by atoms with Crippen LogP contribution in [0.25, 0.3) is 0 Å². The monoisotopic (exact) mass is 403 g/mol. The molecule has 1 fully saturated rings. The van der Waals surface area contributed by atoms with Crippen molar-refractivity contribution in [2.45, 2.75) is 66.1 Å². The maximum Gasteiger partial charge on any atom is 0.232 e. The van der Waals surface area contributed by atoms with Gasteiger partial charge in [0.15, 0.2) is 0 Å². The van der Waals surface area contributed by atoms with Gasteiger partial charge in [0.25, 0.3) is 0 Å². The third-order valence-electron chi connectivity index (χ3n) is 5.09. The molecule has 4 nitrogen and oxygen atoms in total. The molecule has 3 rings (SSSR count). The molecule has 1 aliphatic heterocycles. The number of halogens is 1. The molecule has 0 bridgehead atoms. The first kappa shape index (κ1) is 20.9. The van der Waals surface area contributed by atoms with Gasteiger partial charge in [0.2, 0.25) is 5.91 Å². The number of carbonyl (C=O) groups is 1. The van der Waals surface area contributed by atoms with Crippen LogP contribution in [0.3, 0.4) is 0 Å². The zero-order valence-corrected chi connectivity index (χ0v) is 18.1. The highest BCUT2D eigenvalue weighted by atomic mass is 32.1. The third-order valence-corrected chi connectivity index (χ3v) is 6.10. The van der Waals surface area contributed by atoms with Crippen molar-refractivity contribution in [1.82, 2.24) is 10.3 Å². The van der Waals surface area contributed by atoms with Gasteiger partial charge >= 0.3 is 0 Å². The SMILES string of the molecule is CC1CC(C)NC(c2nc(CN(C(=O)C(C)(C)C)c3ccc(F)cc3)cs2)C1. The summed E-state index contributed by atoms with van der Waals surface area (Å²) >= 11 is 1.65. The van der Waals surface area contributed by atoms with Crippen LogP contribution in [0, 0.1) is 17.2 Å². The number of rotatable bonds is 4. The zero-order chi connectivity index (χ0) is 20.5. The van der Waals surface area contributed by atoms with E-state index in [9.17, 15) is 9.18 Å². The Balaban J connectivity index is 1.82. The Kier molecular flexibility index (Phi) is 6.20. The molecule has 6 heteroatoms. The summed E-state index contributed by atoms with van der Waals surface area (Å²) in [5, 5.41) is 6.75. The van der Waals surface area contributed by atoms with E-state index >= 15 is 0 Å². The predicted molar refractivity (Wildman–Crippen MR) is 113 cm³/mol. The third kappa shape index (κ3) is 4.97. The van der Waals surface area contributed by atoms with Gasteiger partial charge in [0.05, 0.1) is 18.3 Å². The van der Waals surface area contributed by atoms with Crippen molar-refractivity contribution >= 4 is 22.9 Å². The Morgan fingerprint density at radius 2 is 1.93 bits per heavy atom. The summed E-state index contributed by atoms with van der Waals surface area (Å²) in [7, 11) is 0. The van der Waals surface area contributed by atoms with Gasteiger partial charge in [-0.05, 0) is 49.9 Å². The average Bonchev–Trinajstić information content (AvgIpc) is 3.07. The van der Waals surface area contributed by atoms with Gasteiger partial charge in [0, 0.05) is 22.5 Å². The first-order chi connectivity index (χ1) is 13.1. The van der Waals surface area contributed by atoms with E-state index in [0.717, 1.165) is 17.1 Å². The summed E-state index contributed by atoms with van der Waals surface area (Å²) in [4.78, 5) is 19.6. The lowest BCUT2D eigenvalue weighted by Crippen LogP contribution is -2.39. The van der Waals surface area contributed by atoms with E-state index in [1.807, 2.05) is 26.2 Å². The molecule has 1 aromatic heterocycles. The Labute approximate surface area is 171 Å². The van der Waals surface area contributed by atoms with Crippen LogP contribution in [0.4, 0.5) is 10.1 Å². The number of anilines is 1. The molecule has 0 saturated carbocycles. The van der Waals surface area contributed by atoms with Gasteiger partial charge in [-0.1, -0.05) is 27.7 Å². The Morgan fingerprint density at radius 1 is 1.25 bits per heavy atom. The second-order valence-corrected chi connectivity index (χ2v) is 9.88. The minimum absolute atomic E-state index is 0.00769. The highest BCUT2D eigenvalue weighted by Crippen LogP contribution is 2.32. The summed E-state index contributed by atoms with van der Waals surface area (Å²) in [6.45, 7) is 10.6. The van der Waals surface area contributed by atoms with E-state index in [-0.39, 0.29) is 17.8 Å². The highest BCUT2D eigenvalue weighted by Gasteiger charge is 2.30. The lowest BCUT2D eigenvalue weighted by atomic mass is 9.90. The van der Waals surface area contributed by atoms with E-state index in [0.29, 0.717) is 24.2 Å². The second kappa shape index (κ2) is 8.29. The van der Waals surface area contributed by atoms with E-state index in [2.05, 4.69) is 19.2 Å². The normalized spacial score (nSPS) is 22.9. The zero-order valence-electron chi connectivity index (χ0n) is 17.3. The summed E-state index contributed by atoms with van der Waals surface area (Å²) in [6, 6.07) is 6.84. The van der Waals surface area contributed by atoms with Crippen molar-refractivity contribution in [1.29, 1.82) is 0 Å². The van der Waals surface area contributed by atoms with E-state index in [1.165, 1.54) is 18.6 Å². The first-order valence-electron chi connectivity index (χ1n) is 9.91. The molecule has 0 aliphatic carbocycles. The first-order valence-corrected chi connectivity index (χ1v) is 10.8. The number of hydrogen-bond acceptors (Lipinski definition) is 4. The van der Waals surface area contributed by atoms with E-state index in [1.54, 1.807) is 28.4 Å². The fourth-order valence-electron chi connectivity index (χ4n) is 3.78. The van der Waals surface area contributed by atoms with Crippen molar-refractivity contribution in [2.24, 2.45) is 11.3 Å². The molecule has 3 unspecified atom stereocenters. The largest absolute Gasteiger partial charge is 0.306 e. The van der Waals surface area contributed by atoms with Crippen LogP contribution in [0.15, 0.2) is 29.6 Å². The maximum absolute atomic E-state index is 13.4. The number of aromatic nitrogens is 1. The number of hydrogen-bond donors (Lipinski definition) is 1. The number of amides is 1. The van der Waals surface area contributed by atoms with Gasteiger partial charge in [-0.25, -0.2) is 9.37 Å². The summed E-state index contributed by atoms with van der Waals surface area (Å²) < 4.78 is 13.4. The molecular formula is C22H30FN3OS. The lowest BCUT2D eigenvalue weighted by Gasteiger charge is -2.32. The van der Waals surface area contributed by atoms with E-state index < -0.39 is 5.41 Å². The predicted octanol–water partition coefficient (Wildman–Crippen LogP) is 5.31. The molecule has 2 aromatic rings. The molecule has 152 valence electrons. The van der Waals surface area contributed by atoms with Crippen molar-refractivity contribution < 1.29 is 9.18 Å². The van der Waals surface area contributed by atoms with Crippen LogP contribution < -0.4 is 10.2 Å². The van der Waals surface area contributed by atoms with Crippen LogP contribution in [0.2, 0.25) is 0 Å². The summed E-state index contributed by atoms with van der Waals surface area (Å²) in [5.41, 5.74) is 1.02. The molecule has 1 aliphatic rings. The smallest absolute Gasteiger partial charge is 0.232 e. The average molecular weight is 404 g/mol. The van der Waals surface area contributed by atoms with Gasteiger partial charge in [-0.15, -0.1) is 11.3 Å². The van der Waals surface area contributed by atoms with Crippen LogP contribution in [-0.2, 0) is 11.3 Å². The van der Waals surface area contributed by atoms with Crippen LogP contribution in [0.1, 0.15) is 64.2 Å². The molecule has 1 N–H and O–H groups in total. The minimum atomic E-state index is -0.539. The molecule has 1 saturated heterocycles. The van der Waals surface area contributed by atoms with Gasteiger partial charge in [-0.3, -0.25) is 4.79 Å². The van der Waals surface area contributed by atoms with E-state index in [4.69, 9.17) is 4.98 Å². The summed E-state index contributed by atoms with van der Waals surface area (Å²) in [5.74, 6) is 0.355. The topological polar surface area (TPSA) is 45.2 Å². The molecule has 1 amide bonds. The molecule has 28 heavy (non-hydrogen) atoms. The quantitative estimate of drug-likeness (QED) is 0.752. The number of piperidine rings is 1. The highest BCUT2D eigenvalue weighted by molar-refractivity contribution is 7.09. The maximum atomic E-state index is 13.4. The molecule has 1 aromatic carbocycles. The van der Waals surface area contributed by atoms with Crippen molar-refractivity contribution in [2.75, 3.05) is 4.90 Å². The fraction of sp³-hybridized carbons (Fsp3) is 0.545. The number of carbonyl (C=O) groups excluding carboxylic acids is 1. The minimum Gasteiger partial charge on any atom is -0.306 e. The molecule has 3 atom stereocenters. The van der Waals surface area contributed by atoms with Crippen molar-refractivity contribution in [3.63, 3.8) is 0 Å². The molecular weight excluding hydrogens is 373 g/mol. The van der Waals surface area contributed by atoms with Crippen molar-refractivity contribution in [3.05, 3.63) is 46.2 Å². The second-order valence-electron chi connectivity index (χ2n) is 8.99. The van der Waals surface area contributed by atoms with Gasteiger partial charge in [0.1, 0.15) is 10.8 Å². The van der Waals surface area contributed by atoms with Crippen molar-refractivity contribution in [3.8, 4) is 0 Å². The van der Waals surface area contributed by atoms with Gasteiger partial charge in [-0.2, -0.15) is 0 Å². The number of thiazole rings is 1. The number of benzene rings is 1. The van der Waals surface area contributed by atoms with Crippen LogP contribution in [0.5, 0.6) is 0 Å². The lowest BCUT2D eigenvalue weighted by molar-refractivity contribution is -0.125. The summed E-state index contributed by atoms with van der Waals surface area (Å²) in [6.07, 6.45) is 2.27. The van der Waals surface area contributed by atoms with Crippen LogP contribution >= 0.6 is 11.3 Å². The Bertz CT molecular complexity index is 802. The molecule has 0 spiro atoms. The number of nitrogens with one attached hydrogen (secondary N) is 1. The Morgan fingerprint density at radius 3 is 2.54 bits per heavy atom. The molecule has 0 radical (unpaired) electrons. The fourth-order valence-corrected chi connectivity index (χ4v) is 4.66. The molecule has 2 heterocycles. The van der Waals surface area contributed by atoms with Gasteiger partial charge < -0.3 is 10.2 Å². The Hall–Kier alpha value is -1.79. The van der Waals surface area contributed by atoms with Crippen LogP contribution in [-0.4, -0.2) is 16.9 Å². The standard InChI is InChI=1S/C22H30FN3OS/c1-14-10-15(2)24-19(11-14)20-25-17(13-28-20)12-26(21(27)22(3,4)5)18-8-6-16(23)7-9-18/h6-9,13-15,19,24H,10-12H2,1-5H3. The number of nitrogens with zero attached hydrogens (tertiary/aromatic N) is 2.